The molecule has 3 aromatic rings. The Labute approximate surface area is 165 Å². The molecule has 0 N–H and O–H groups in total. The minimum Gasteiger partial charge on any atom is -0.493 e. The van der Waals surface area contributed by atoms with Gasteiger partial charge in [-0.05, 0) is 24.3 Å². The molecule has 6 nitrogen and oxygen atoms in total. The highest BCUT2D eigenvalue weighted by Crippen LogP contribution is 2.34. The Morgan fingerprint density at radius 1 is 1.25 bits per heavy atom. The Morgan fingerprint density at radius 2 is 2.04 bits per heavy atom. The van der Waals surface area contributed by atoms with E-state index in [9.17, 15) is 0 Å². The summed E-state index contributed by atoms with van der Waals surface area (Å²) in [5, 5.41) is 4.20. The summed E-state index contributed by atoms with van der Waals surface area (Å²) in [5.41, 5.74) is 1.88. The summed E-state index contributed by atoms with van der Waals surface area (Å²) in [4.78, 5) is 2.12. The lowest BCUT2D eigenvalue weighted by atomic mass is 10.0. The molecule has 1 atom stereocenters. The average Bonchev–Trinajstić information content (AvgIpc) is 3.35. The van der Waals surface area contributed by atoms with Gasteiger partial charge in [0.15, 0.2) is 11.5 Å². The van der Waals surface area contributed by atoms with E-state index in [1.807, 2.05) is 43.5 Å². The Kier molecular flexibility index (Phi) is 6.55. The van der Waals surface area contributed by atoms with Gasteiger partial charge in [-0.2, -0.15) is 0 Å². The summed E-state index contributed by atoms with van der Waals surface area (Å²) in [6.45, 7) is 7.28. The number of likely N-dealkylation sites (N-methyl/N-ethyl adjacent to an activating group) is 1. The third kappa shape index (κ3) is 4.28. The van der Waals surface area contributed by atoms with Crippen molar-refractivity contribution in [3.63, 3.8) is 0 Å². The minimum absolute atomic E-state index is 0.123. The van der Waals surface area contributed by atoms with Gasteiger partial charge in [0.2, 0.25) is 0 Å². The van der Waals surface area contributed by atoms with Gasteiger partial charge in [-0.15, -0.1) is 6.58 Å². The molecule has 0 radical (unpaired) electrons. The van der Waals surface area contributed by atoms with Crippen LogP contribution in [0.2, 0.25) is 0 Å². The topological polar surface area (TPSA) is 60.9 Å². The van der Waals surface area contributed by atoms with Gasteiger partial charge in [0.1, 0.15) is 12.4 Å². The number of ether oxygens (including phenoxy) is 2. The number of rotatable bonds is 10. The molecule has 0 fully saturated rings. The first-order valence-corrected chi connectivity index (χ1v) is 9.26. The van der Waals surface area contributed by atoms with Crippen LogP contribution in [0.5, 0.6) is 11.6 Å². The van der Waals surface area contributed by atoms with Crippen molar-refractivity contribution in [2.45, 2.75) is 26.0 Å². The van der Waals surface area contributed by atoms with Gasteiger partial charge in [-0.25, -0.2) is 0 Å². The first-order chi connectivity index (χ1) is 13.7. The molecule has 2 aromatic heterocycles. The smallest absolute Gasteiger partial charge is 0.258 e. The number of benzene rings is 1. The van der Waals surface area contributed by atoms with E-state index in [4.69, 9.17) is 18.4 Å². The zero-order valence-electron chi connectivity index (χ0n) is 16.6. The molecule has 3 rings (SSSR count). The molecule has 0 saturated heterocycles. The summed E-state index contributed by atoms with van der Waals surface area (Å²) >= 11 is 0. The largest absolute Gasteiger partial charge is 0.493 e. The third-order valence-corrected chi connectivity index (χ3v) is 4.73. The maximum Gasteiger partial charge on any atom is 0.258 e. The van der Waals surface area contributed by atoms with Gasteiger partial charge in [0, 0.05) is 12.5 Å². The van der Waals surface area contributed by atoms with E-state index >= 15 is 0 Å². The predicted octanol–water partition coefficient (Wildman–Crippen LogP) is 4.62. The van der Waals surface area contributed by atoms with Crippen molar-refractivity contribution in [3.05, 3.63) is 78.0 Å². The normalized spacial score (nSPS) is 12.1. The van der Waals surface area contributed by atoms with Crippen LogP contribution >= 0.6 is 0 Å². The molecule has 1 aromatic carbocycles. The van der Waals surface area contributed by atoms with E-state index in [1.165, 1.54) is 0 Å². The van der Waals surface area contributed by atoms with Gasteiger partial charge >= 0.3 is 0 Å². The van der Waals surface area contributed by atoms with Crippen LogP contribution in [0.1, 0.15) is 35.6 Å². The lowest BCUT2D eigenvalue weighted by Gasteiger charge is -2.22. The molecular formula is C22H26N2O4. The molecule has 0 saturated carbocycles. The molecule has 0 aliphatic carbocycles. The second-order valence-electron chi connectivity index (χ2n) is 6.45. The van der Waals surface area contributed by atoms with E-state index in [0.29, 0.717) is 36.2 Å². The average molecular weight is 382 g/mol. The zero-order chi connectivity index (χ0) is 19.9. The summed E-state index contributed by atoms with van der Waals surface area (Å²) in [7, 11) is 3.63. The highest BCUT2D eigenvalue weighted by molar-refractivity contribution is 5.39. The highest BCUT2D eigenvalue weighted by atomic mass is 16.5. The number of nitrogens with zero attached hydrogens (tertiary/aromatic N) is 2. The van der Waals surface area contributed by atoms with Crippen molar-refractivity contribution < 1.29 is 18.4 Å². The first-order valence-electron chi connectivity index (χ1n) is 9.26. The van der Waals surface area contributed by atoms with Crippen LogP contribution in [0.3, 0.4) is 0 Å². The Bertz CT molecular complexity index is 885. The van der Waals surface area contributed by atoms with Crippen LogP contribution in [-0.4, -0.2) is 30.8 Å². The fraction of sp³-hybridized carbons (Fsp3) is 0.318. The Balaban J connectivity index is 1.93. The summed E-state index contributed by atoms with van der Waals surface area (Å²) in [5.74, 6) is 2.52. The lowest BCUT2D eigenvalue weighted by molar-refractivity contribution is 0.234. The molecule has 0 unspecified atom stereocenters. The second kappa shape index (κ2) is 9.28. The van der Waals surface area contributed by atoms with Gasteiger partial charge in [-0.1, -0.05) is 43.3 Å². The summed E-state index contributed by atoms with van der Waals surface area (Å²) in [6, 6.07) is 11.6. The monoisotopic (exact) mass is 382 g/mol. The molecule has 2 heterocycles. The van der Waals surface area contributed by atoms with Gasteiger partial charge in [0.05, 0.1) is 25.0 Å². The van der Waals surface area contributed by atoms with Crippen LogP contribution in [0, 0.1) is 0 Å². The molecule has 28 heavy (non-hydrogen) atoms. The van der Waals surface area contributed by atoms with Crippen LogP contribution in [0.25, 0.3) is 0 Å². The molecule has 0 aliphatic rings. The van der Waals surface area contributed by atoms with Crippen molar-refractivity contribution in [2.24, 2.45) is 0 Å². The van der Waals surface area contributed by atoms with Gasteiger partial charge in [-0.3, -0.25) is 4.90 Å². The molecule has 0 amide bonds. The number of methoxy groups -OCH3 is 1. The lowest BCUT2D eigenvalue weighted by Crippen LogP contribution is -2.23. The SMILES string of the molecule is C=C[C@@H](c1onc(OCc2ccccc2)c1Cc1occc1OC)N(C)CC. The van der Waals surface area contributed by atoms with Crippen LogP contribution in [0.4, 0.5) is 0 Å². The summed E-state index contributed by atoms with van der Waals surface area (Å²) in [6.07, 6.45) is 3.89. The quantitative estimate of drug-likeness (QED) is 0.477. The van der Waals surface area contributed by atoms with Crippen molar-refractivity contribution >= 4 is 0 Å². The molecular weight excluding hydrogens is 356 g/mol. The van der Waals surface area contributed by atoms with Crippen molar-refractivity contribution in [1.29, 1.82) is 0 Å². The molecule has 148 valence electrons. The molecule has 0 bridgehead atoms. The molecule has 0 aliphatic heterocycles. The number of aromatic nitrogens is 1. The minimum atomic E-state index is -0.123. The number of hydrogen-bond donors (Lipinski definition) is 0. The van der Waals surface area contributed by atoms with Crippen molar-refractivity contribution in [3.8, 4) is 11.6 Å². The van der Waals surface area contributed by atoms with E-state index in [-0.39, 0.29) is 6.04 Å². The van der Waals surface area contributed by atoms with E-state index in [2.05, 4.69) is 23.6 Å². The number of hydrogen-bond acceptors (Lipinski definition) is 6. The predicted molar refractivity (Wildman–Crippen MR) is 107 cm³/mol. The van der Waals surface area contributed by atoms with Crippen LogP contribution in [0.15, 0.2) is 64.3 Å². The maximum absolute atomic E-state index is 5.99. The van der Waals surface area contributed by atoms with Crippen molar-refractivity contribution in [2.75, 3.05) is 20.7 Å². The van der Waals surface area contributed by atoms with Crippen LogP contribution < -0.4 is 9.47 Å². The van der Waals surface area contributed by atoms with Crippen molar-refractivity contribution in [1.82, 2.24) is 10.1 Å². The fourth-order valence-corrected chi connectivity index (χ4v) is 3.02. The van der Waals surface area contributed by atoms with E-state index < -0.39 is 0 Å². The third-order valence-electron chi connectivity index (χ3n) is 4.73. The Morgan fingerprint density at radius 3 is 2.71 bits per heavy atom. The highest BCUT2D eigenvalue weighted by Gasteiger charge is 2.27. The number of furan rings is 1. The van der Waals surface area contributed by atoms with Crippen LogP contribution in [-0.2, 0) is 13.0 Å². The van der Waals surface area contributed by atoms with Gasteiger partial charge in [0.25, 0.3) is 5.88 Å². The summed E-state index contributed by atoms with van der Waals surface area (Å²) < 4.78 is 22.7. The second-order valence-corrected chi connectivity index (χ2v) is 6.45. The zero-order valence-corrected chi connectivity index (χ0v) is 16.6. The van der Waals surface area contributed by atoms with E-state index in [1.54, 1.807) is 19.4 Å². The Hall–Kier alpha value is -2.99. The molecule has 0 spiro atoms. The maximum atomic E-state index is 5.99. The fourth-order valence-electron chi connectivity index (χ4n) is 3.02. The van der Waals surface area contributed by atoms with E-state index in [0.717, 1.165) is 17.7 Å². The van der Waals surface area contributed by atoms with Gasteiger partial charge < -0.3 is 18.4 Å². The first kappa shape index (κ1) is 19.8. The molecule has 6 heteroatoms. The standard InChI is InChI=1S/C22H26N2O4/c1-5-18(24(3)6-2)21-17(14-20-19(25-4)12-13-26-20)22(23-28-21)27-15-16-10-8-7-9-11-16/h5,7-13,18H,1,6,14-15H2,2-4H3/t18-/m0/s1.